The fraction of sp³-hybridized carbons (Fsp3) is 0.571. The Morgan fingerprint density at radius 1 is 1.14 bits per heavy atom. The lowest BCUT2D eigenvalue weighted by atomic mass is 9.84. The van der Waals surface area contributed by atoms with Gasteiger partial charge in [0.25, 0.3) is 6.43 Å². The summed E-state index contributed by atoms with van der Waals surface area (Å²) in [6.45, 7) is 8.86. The van der Waals surface area contributed by atoms with E-state index in [1.807, 2.05) is 27.7 Å². The molecule has 1 aliphatic rings. The van der Waals surface area contributed by atoms with Crippen molar-refractivity contribution in [3.05, 3.63) is 27.6 Å². The molecule has 1 saturated heterocycles. The van der Waals surface area contributed by atoms with Crippen LogP contribution in [0, 0.1) is 0 Å². The molecule has 1 aromatic rings. The van der Waals surface area contributed by atoms with E-state index in [4.69, 9.17) is 9.31 Å². The van der Waals surface area contributed by atoms with Gasteiger partial charge in [0.2, 0.25) is 0 Å². The van der Waals surface area contributed by atoms with E-state index in [0.29, 0.717) is 4.88 Å². The van der Waals surface area contributed by atoms with E-state index >= 15 is 0 Å². The molecule has 0 spiro atoms. The topological polar surface area (TPSA) is 18.5 Å². The fourth-order valence-corrected chi connectivity index (χ4v) is 2.78. The van der Waals surface area contributed by atoms with Gasteiger partial charge in [0.05, 0.1) is 16.1 Å². The van der Waals surface area contributed by atoms with Gasteiger partial charge in [-0.25, -0.2) is 13.2 Å². The summed E-state index contributed by atoms with van der Waals surface area (Å²) in [4.78, 5) is 0.378. The summed E-state index contributed by atoms with van der Waals surface area (Å²) in [5.41, 5.74) is -1.58. The molecule has 1 aromatic heterocycles. The minimum absolute atomic E-state index is 0.0777. The minimum atomic E-state index is -2.54. The first-order chi connectivity index (χ1) is 9.55. The van der Waals surface area contributed by atoms with Gasteiger partial charge in [-0.05, 0) is 52.3 Å². The largest absolute Gasteiger partial charge is 0.525 e. The molecule has 2 heterocycles. The number of alkyl halides is 2. The van der Waals surface area contributed by atoms with Crippen LogP contribution in [0.3, 0.4) is 0 Å². The Morgan fingerprint density at radius 3 is 2.10 bits per heavy atom. The van der Waals surface area contributed by atoms with E-state index < -0.39 is 30.5 Å². The smallest absolute Gasteiger partial charge is 0.398 e. The Morgan fingerprint density at radius 2 is 1.67 bits per heavy atom. The van der Waals surface area contributed by atoms with Gasteiger partial charge in [-0.1, -0.05) is 0 Å². The van der Waals surface area contributed by atoms with Crippen molar-refractivity contribution in [3.63, 3.8) is 0 Å². The third kappa shape index (κ3) is 3.05. The zero-order chi connectivity index (χ0) is 16.0. The highest BCUT2D eigenvalue weighted by Crippen LogP contribution is 2.41. The predicted octanol–water partition coefficient (Wildman–Crippen LogP) is 5.02. The number of hydrogen-bond donors (Lipinski definition) is 0. The van der Waals surface area contributed by atoms with Crippen molar-refractivity contribution in [3.8, 4) is 0 Å². The summed E-state index contributed by atoms with van der Waals surface area (Å²) >= 11 is 0.877. The molecule has 0 radical (unpaired) electrons. The molecule has 0 bridgehead atoms. The van der Waals surface area contributed by atoms with Gasteiger partial charge in [0, 0.05) is 4.88 Å². The van der Waals surface area contributed by atoms with Crippen LogP contribution in [0.2, 0.25) is 0 Å². The van der Waals surface area contributed by atoms with E-state index in [-0.39, 0.29) is 10.5 Å². The first-order valence-corrected chi connectivity index (χ1v) is 7.47. The monoisotopic (exact) mass is 318 g/mol. The van der Waals surface area contributed by atoms with Crippen LogP contribution in [-0.4, -0.2) is 18.3 Å². The Balaban J connectivity index is 2.27. The summed E-state index contributed by atoms with van der Waals surface area (Å²) in [6.07, 6.45) is -2.54. The Labute approximate surface area is 127 Å². The number of hydrogen-bond acceptors (Lipinski definition) is 3. The molecular weight excluding hydrogens is 300 g/mol. The second-order valence-corrected chi connectivity index (χ2v) is 7.18. The van der Waals surface area contributed by atoms with Gasteiger partial charge < -0.3 is 9.31 Å². The Bertz CT molecular complexity index is 550. The van der Waals surface area contributed by atoms with E-state index in [1.165, 1.54) is 12.1 Å². The molecule has 0 atom stereocenters. The molecular formula is C14H18BF3O2S. The molecule has 0 aromatic carbocycles. The molecule has 0 saturated carbocycles. The van der Waals surface area contributed by atoms with Crippen LogP contribution < -0.4 is 0 Å². The van der Waals surface area contributed by atoms with Crippen molar-refractivity contribution in [2.75, 3.05) is 0 Å². The maximum Gasteiger partial charge on any atom is 0.525 e. The SMILES string of the molecule is CC(=C(F)B1OC(C)(C)C(C)(C)O1)c1ccc(C(F)F)s1. The highest BCUT2D eigenvalue weighted by atomic mass is 32.1. The molecule has 0 unspecified atom stereocenters. The summed E-state index contributed by atoms with van der Waals surface area (Å²) in [7, 11) is -1.10. The van der Waals surface area contributed by atoms with E-state index in [9.17, 15) is 13.2 Å². The standard InChI is InChI=1S/C14H18BF3O2S/c1-8(9-6-7-10(21-9)12(17)18)11(16)15-19-13(2,3)14(4,5)20-15/h6-7,12H,1-5H3. The molecule has 0 N–H and O–H groups in total. The maximum absolute atomic E-state index is 14.5. The fourth-order valence-electron chi connectivity index (χ4n) is 1.91. The first kappa shape index (κ1) is 16.6. The van der Waals surface area contributed by atoms with Crippen molar-refractivity contribution in [2.45, 2.75) is 52.2 Å². The second kappa shape index (κ2) is 5.45. The van der Waals surface area contributed by atoms with E-state index in [1.54, 1.807) is 6.92 Å². The molecule has 1 fully saturated rings. The van der Waals surface area contributed by atoms with Gasteiger partial charge in [-0.15, -0.1) is 11.3 Å². The molecule has 2 nitrogen and oxygen atoms in total. The Hall–Kier alpha value is -0.785. The number of thiophene rings is 1. The minimum Gasteiger partial charge on any atom is -0.398 e. The lowest BCUT2D eigenvalue weighted by Gasteiger charge is -2.32. The van der Waals surface area contributed by atoms with Crippen molar-refractivity contribution < 1.29 is 22.5 Å². The van der Waals surface area contributed by atoms with Crippen molar-refractivity contribution in [1.82, 2.24) is 0 Å². The zero-order valence-electron chi connectivity index (χ0n) is 12.7. The molecule has 7 heteroatoms. The number of rotatable bonds is 3. The van der Waals surface area contributed by atoms with Crippen LogP contribution in [0.4, 0.5) is 13.2 Å². The van der Waals surface area contributed by atoms with Crippen molar-refractivity contribution in [1.29, 1.82) is 0 Å². The molecule has 1 aliphatic heterocycles. The van der Waals surface area contributed by atoms with Crippen molar-refractivity contribution >= 4 is 24.0 Å². The van der Waals surface area contributed by atoms with Crippen molar-refractivity contribution in [2.24, 2.45) is 0 Å². The van der Waals surface area contributed by atoms with Gasteiger partial charge in [-0.3, -0.25) is 0 Å². The highest BCUT2D eigenvalue weighted by Gasteiger charge is 2.53. The summed E-state index contributed by atoms with van der Waals surface area (Å²) in [5, 5.41) is 0. The molecule has 21 heavy (non-hydrogen) atoms. The lowest BCUT2D eigenvalue weighted by molar-refractivity contribution is 0.00578. The van der Waals surface area contributed by atoms with Gasteiger partial charge in [0.15, 0.2) is 0 Å². The summed E-state index contributed by atoms with van der Waals surface area (Å²) in [6, 6.07) is 2.80. The number of allylic oxidation sites excluding steroid dienone is 1. The van der Waals surface area contributed by atoms with Crippen LogP contribution >= 0.6 is 11.3 Å². The van der Waals surface area contributed by atoms with Crippen LogP contribution in [0.5, 0.6) is 0 Å². The third-order valence-corrected chi connectivity index (χ3v) is 5.24. The highest BCUT2D eigenvalue weighted by molar-refractivity contribution is 7.13. The van der Waals surface area contributed by atoms with Gasteiger partial charge >= 0.3 is 7.12 Å². The second-order valence-electron chi connectivity index (χ2n) is 6.06. The zero-order valence-corrected chi connectivity index (χ0v) is 13.5. The number of halogens is 3. The average Bonchev–Trinajstić information content (AvgIpc) is 2.91. The summed E-state index contributed by atoms with van der Waals surface area (Å²) < 4.78 is 51.0. The lowest BCUT2D eigenvalue weighted by Crippen LogP contribution is -2.41. The summed E-state index contributed by atoms with van der Waals surface area (Å²) in [5.74, 6) is 0. The van der Waals surface area contributed by atoms with Crippen LogP contribution in [0.25, 0.3) is 5.57 Å². The van der Waals surface area contributed by atoms with E-state index in [0.717, 1.165) is 11.3 Å². The average molecular weight is 318 g/mol. The maximum atomic E-state index is 14.5. The normalized spacial score (nSPS) is 21.9. The van der Waals surface area contributed by atoms with Crippen LogP contribution in [0.15, 0.2) is 17.9 Å². The van der Waals surface area contributed by atoms with Gasteiger partial charge in [-0.2, -0.15) is 0 Å². The molecule has 116 valence electrons. The van der Waals surface area contributed by atoms with Gasteiger partial charge in [0.1, 0.15) is 5.73 Å². The van der Waals surface area contributed by atoms with Crippen LogP contribution in [-0.2, 0) is 9.31 Å². The predicted molar refractivity (Wildman–Crippen MR) is 79.1 cm³/mol. The van der Waals surface area contributed by atoms with E-state index in [2.05, 4.69) is 0 Å². The third-order valence-electron chi connectivity index (χ3n) is 4.03. The van der Waals surface area contributed by atoms with Crippen LogP contribution in [0.1, 0.15) is 50.8 Å². The quantitative estimate of drug-likeness (QED) is 0.729. The Kier molecular flexibility index (Phi) is 4.30. The molecule has 0 aliphatic carbocycles. The molecule has 0 amide bonds. The first-order valence-electron chi connectivity index (χ1n) is 6.65. The molecule has 2 rings (SSSR count).